The number of hydrogen-bond donors (Lipinski definition) is 0. The van der Waals surface area contributed by atoms with Gasteiger partial charge in [-0.25, -0.2) is 0 Å². The van der Waals surface area contributed by atoms with Crippen LogP contribution in [0.4, 0.5) is 0 Å². The minimum atomic E-state index is -0.0214. The smallest absolute Gasteiger partial charge is 0.306 e. The fraction of sp³-hybridized carbons (Fsp3) is 0.889. The van der Waals surface area contributed by atoms with Gasteiger partial charge in [0, 0.05) is 0 Å². The zero-order chi connectivity index (χ0) is 8.32. The molecule has 0 N–H and O–H groups in total. The van der Waals surface area contributed by atoms with Gasteiger partial charge < -0.3 is 4.74 Å². The van der Waals surface area contributed by atoms with Crippen molar-refractivity contribution >= 4 is 5.97 Å². The van der Waals surface area contributed by atoms with Crippen LogP contribution in [-0.4, -0.2) is 12.6 Å². The Labute approximate surface area is 67.9 Å². The van der Waals surface area contributed by atoms with Crippen LogP contribution < -0.4 is 0 Å². The van der Waals surface area contributed by atoms with Crippen molar-refractivity contribution in [3.8, 4) is 0 Å². The summed E-state index contributed by atoms with van der Waals surface area (Å²) in [5.41, 5.74) is 0.340. The van der Waals surface area contributed by atoms with Gasteiger partial charge in [0.15, 0.2) is 0 Å². The molecule has 0 aromatic rings. The van der Waals surface area contributed by atoms with Crippen molar-refractivity contribution in [2.45, 2.75) is 39.5 Å². The Kier molecular flexibility index (Phi) is 2.53. The highest BCUT2D eigenvalue weighted by molar-refractivity contribution is 5.70. The van der Waals surface area contributed by atoms with Crippen LogP contribution in [0.25, 0.3) is 0 Å². The topological polar surface area (TPSA) is 26.3 Å². The predicted molar refractivity (Wildman–Crippen MR) is 43.2 cm³/mol. The Bertz CT molecular complexity index is 148. The van der Waals surface area contributed by atoms with Gasteiger partial charge in [-0.2, -0.15) is 0 Å². The first-order valence-electron chi connectivity index (χ1n) is 4.38. The van der Waals surface area contributed by atoms with Crippen LogP contribution in [0.2, 0.25) is 0 Å². The molecule has 64 valence electrons. The van der Waals surface area contributed by atoms with Crippen molar-refractivity contribution in [1.29, 1.82) is 0 Å². The van der Waals surface area contributed by atoms with Crippen molar-refractivity contribution < 1.29 is 9.53 Å². The molecule has 1 saturated carbocycles. The van der Waals surface area contributed by atoms with Crippen molar-refractivity contribution in [2.75, 3.05) is 6.61 Å². The minimum absolute atomic E-state index is 0.0214. The molecule has 0 aliphatic heterocycles. The number of rotatable bonds is 4. The molecular formula is C9H16O2. The van der Waals surface area contributed by atoms with Gasteiger partial charge in [0.2, 0.25) is 0 Å². The lowest BCUT2D eigenvalue weighted by molar-refractivity contribution is -0.144. The number of ether oxygens (including phenoxy) is 1. The second kappa shape index (κ2) is 3.24. The van der Waals surface area contributed by atoms with Crippen LogP contribution in [-0.2, 0) is 9.53 Å². The Hall–Kier alpha value is -0.530. The van der Waals surface area contributed by atoms with E-state index in [0.717, 1.165) is 6.42 Å². The molecule has 1 aliphatic rings. The summed E-state index contributed by atoms with van der Waals surface area (Å²) < 4.78 is 4.88. The summed E-state index contributed by atoms with van der Waals surface area (Å²) in [7, 11) is 0. The van der Waals surface area contributed by atoms with Crippen molar-refractivity contribution in [3.63, 3.8) is 0 Å². The lowest BCUT2D eigenvalue weighted by atomic mass is 10.00. The van der Waals surface area contributed by atoms with Crippen molar-refractivity contribution in [3.05, 3.63) is 0 Å². The summed E-state index contributed by atoms with van der Waals surface area (Å²) in [6.07, 6.45) is 4.17. The third-order valence-electron chi connectivity index (χ3n) is 2.53. The molecule has 11 heavy (non-hydrogen) atoms. The van der Waals surface area contributed by atoms with Crippen LogP contribution in [0, 0.1) is 5.41 Å². The standard InChI is InChI=1S/C9H16O2/c1-3-9(5-6-9)7-8(10)11-4-2/h3-7H2,1-2H3. The lowest BCUT2D eigenvalue weighted by Crippen LogP contribution is -2.11. The van der Waals surface area contributed by atoms with Crippen molar-refractivity contribution in [1.82, 2.24) is 0 Å². The maximum atomic E-state index is 11.0. The van der Waals surface area contributed by atoms with Gasteiger partial charge >= 0.3 is 5.97 Å². The number of carbonyl (C=O) groups excluding carboxylic acids is 1. The summed E-state index contributed by atoms with van der Waals surface area (Å²) in [6, 6.07) is 0. The molecule has 0 spiro atoms. The van der Waals surface area contributed by atoms with Gasteiger partial charge in [0.25, 0.3) is 0 Å². The number of esters is 1. The first-order chi connectivity index (χ1) is 5.22. The van der Waals surface area contributed by atoms with Gasteiger partial charge in [-0.15, -0.1) is 0 Å². The molecule has 0 aromatic heterocycles. The van der Waals surface area contributed by atoms with Crippen LogP contribution in [0.5, 0.6) is 0 Å². The molecule has 1 fully saturated rings. The second-order valence-electron chi connectivity index (χ2n) is 3.34. The van der Waals surface area contributed by atoms with E-state index in [2.05, 4.69) is 6.92 Å². The SMILES string of the molecule is CCOC(=O)CC1(CC)CC1. The molecule has 0 bridgehead atoms. The van der Waals surface area contributed by atoms with E-state index in [1.807, 2.05) is 6.92 Å². The summed E-state index contributed by atoms with van der Waals surface area (Å²) >= 11 is 0. The molecular weight excluding hydrogens is 140 g/mol. The van der Waals surface area contributed by atoms with E-state index >= 15 is 0 Å². The average Bonchev–Trinajstić information content (AvgIpc) is 2.70. The molecule has 0 amide bonds. The molecule has 1 aliphatic carbocycles. The first-order valence-corrected chi connectivity index (χ1v) is 4.38. The third-order valence-corrected chi connectivity index (χ3v) is 2.53. The Balaban J connectivity index is 2.24. The van der Waals surface area contributed by atoms with E-state index in [0.29, 0.717) is 18.4 Å². The van der Waals surface area contributed by atoms with Crippen LogP contribution in [0.3, 0.4) is 0 Å². The maximum Gasteiger partial charge on any atom is 0.306 e. The zero-order valence-corrected chi connectivity index (χ0v) is 7.35. The van der Waals surface area contributed by atoms with E-state index in [1.165, 1.54) is 12.8 Å². The van der Waals surface area contributed by atoms with Gasteiger partial charge in [-0.1, -0.05) is 6.92 Å². The third kappa shape index (κ3) is 2.21. The average molecular weight is 156 g/mol. The van der Waals surface area contributed by atoms with Gasteiger partial charge in [0.1, 0.15) is 0 Å². The highest BCUT2D eigenvalue weighted by Crippen LogP contribution is 2.51. The number of hydrogen-bond acceptors (Lipinski definition) is 2. The molecule has 2 heteroatoms. The van der Waals surface area contributed by atoms with E-state index in [9.17, 15) is 4.79 Å². The predicted octanol–water partition coefficient (Wildman–Crippen LogP) is 2.13. The first kappa shape index (κ1) is 8.57. The summed E-state index contributed by atoms with van der Waals surface area (Å²) in [5, 5.41) is 0. The van der Waals surface area contributed by atoms with Gasteiger partial charge in [-0.05, 0) is 31.6 Å². The Morgan fingerprint density at radius 1 is 1.45 bits per heavy atom. The molecule has 2 nitrogen and oxygen atoms in total. The lowest BCUT2D eigenvalue weighted by Gasteiger charge is -2.09. The normalized spacial score (nSPS) is 19.5. The van der Waals surface area contributed by atoms with E-state index < -0.39 is 0 Å². The fourth-order valence-corrected chi connectivity index (χ4v) is 1.35. The molecule has 0 heterocycles. The van der Waals surface area contributed by atoms with Crippen LogP contribution >= 0.6 is 0 Å². The molecule has 1 rings (SSSR count). The van der Waals surface area contributed by atoms with Crippen LogP contribution in [0.15, 0.2) is 0 Å². The van der Waals surface area contributed by atoms with E-state index in [-0.39, 0.29) is 5.97 Å². The molecule has 0 atom stereocenters. The van der Waals surface area contributed by atoms with Gasteiger partial charge in [0.05, 0.1) is 13.0 Å². The second-order valence-corrected chi connectivity index (χ2v) is 3.34. The van der Waals surface area contributed by atoms with E-state index in [4.69, 9.17) is 4.74 Å². The highest BCUT2D eigenvalue weighted by Gasteiger charge is 2.42. The summed E-state index contributed by atoms with van der Waals surface area (Å²) in [4.78, 5) is 11.0. The largest absolute Gasteiger partial charge is 0.466 e. The quantitative estimate of drug-likeness (QED) is 0.583. The Morgan fingerprint density at radius 2 is 2.09 bits per heavy atom. The highest BCUT2D eigenvalue weighted by atomic mass is 16.5. The Morgan fingerprint density at radius 3 is 2.45 bits per heavy atom. The summed E-state index contributed by atoms with van der Waals surface area (Å²) in [6.45, 7) is 4.51. The molecule has 0 aromatic carbocycles. The van der Waals surface area contributed by atoms with E-state index in [1.54, 1.807) is 0 Å². The molecule has 0 unspecified atom stereocenters. The molecule has 0 saturated heterocycles. The van der Waals surface area contributed by atoms with Crippen LogP contribution in [0.1, 0.15) is 39.5 Å². The maximum absolute atomic E-state index is 11.0. The fourth-order valence-electron chi connectivity index (χ4n) is 1.35. The minimum Gasteiger partial charge on any atom is -0.466 e. The number of carbonyl (C=O) groups is 1. The van der Waals surface area contributed by atoms with Gasteiger partial charge in [-0.3, -0.25) is 4.79 Å². The molecule has 0 radical (unpaired) electrons. The zero-order valence-electron chi connectivity index (χ0n) is 7.35. The monoisotopic (exact) mass is 156 g/mol. The van der Waals surface area contributed by atoms with Crippen molar-refractivity contribution in [2.24, 2.45) is 5.41 Å². The summed E-state index contributed by atoms with van der Waals surface area (Å²) in [5.74, 6) is -0.0214.